The van der Waals surface area contributed by atoms with Crippen molar-refractivity contribution < 1.29 is 4.39 Å². The van der Waals surface area contributed by atoms with Gasteiger partial charge in [-0.25, -0.2) is 4.39 Å². The fraction of sp³-hybridized carbons (Fsp3) is 0.400. The Morgan fingerprint density at radius 1 is 1.07 bits per heavy atom. The Hall–Kier alpha value is 0.310. The first-order chi connectivity index (χ1) is 6.79. The van der Waals surface area contributed by atoms with E-state index in [0.29, 0.717) is 0 Å². The van der Waals surface area contributed by atoms with Gasteiger partial charge in [0.25, 0.3) is 3.25 Å². The third-order valence-electron chi connectivity index (χ3n) is 0.980. The second-order valence-corrected chi connectivity index (χ2v) is 5.66. The van der Waals surface area contributed by atoms with Crippen LogP contribution < -0.4 is 0 Å². The summed E-state index contributed by atoms with van der Waals surface area (Å²) in [6.45, 7) is 5.86. The first-order valence-electron chi connectivity index (χ1n) is 4.27. The zero-order valence-corrected chi connectivity index (χ0v) is 11.7. The molecule has 0 aliphatic carbocycles. The predicted octanol–water partition coefficient (Wildman–Crippen LogP) is 5.71. The molecular weight excluding hydrogens is 281 g/mol. The second kappa shape index (κ2) is 9.53. The average Bonchev–Trinajstić information content (AvgIpc) is 2.04. The molecule has 88 valence electrons. The lowest BCUT2D eigenvalue weighted by Crippen LogP contribution is -1.81. The first-order valence-corrected chi connectivity index (χ1v) is 5.78. The summed E-state index contributed by atoms with van der Waals surface area (Å²) in [5, 5.41) is 0. The molecule has 0 saturated carbocycles. The lowest BCUT2D eigenvalue weighted by Gasteiger charge is -1.91. The minimum atomic E-state index is -1.61. The molecule has 0 saturated heterocycles. The van der Waals surface area contributed by atoms with Crippen LogP contribution in [0.15, 0.2) is 24.3 Å². The van der Waals surface area contributed by atoms with E-state index in [-0.39, 0.29) is 5.82 Å². The summed E-state index contributed by atoms with van der Waals surface area (Å²) in [5.74, 6) is -0.162. The monoisotopic (exact) mass is 292 g/mol. The Kier molecular flexibility index (Phi) is 11.2. The van der Waals surface area contributed by atoms with E-state index in [0.717, 1.165) is 5.56 Å². The van der Waals surface area contributed by atoms with E-state index in [1.165, 1.54) is 12.1 Å². The number of hydrogen-bond donors (Lipinski definition) is 0. The quantitative estimate of drug-likeness (QED) is 0.537. The molecule has 1 aromatic rings. The van der Waals surface area contributed by atoms with Crippen LogP contribution in [0.25, 0.3) is 0 Å². The Labute approximate surface area is 110 Å². The summed E-state index contributed by atoms with van der Waals surface area (Å²) in [6, 6.07) is 6.50. The van der Waals surface area contributed by atoms with Crippen LogP contribution in [-0.4, -0.2) is 3.25 Å². The van der Waals surface area contributed by atoms with E-state index in [9.17, 15) is 4.39 Å². The molecule has 0 unspecified atom stereocenters. The van der Waals surface area contributed by atoms with Crippen molar-refractivity contribution in [3.05, 3.63) is 35.6 Å². The maximum Gasteiger partial charge on any atom is 0.266 e. The Balaban J connectivity index is 0. The average molecular weight is 294 g/mol. The van der Waals surface area contributed by atoms with E-state index in [1.807, 2.05) is 26.8 Å². The van der Waals surface area contributed by atoms with Gasteiger partial charge >= 0.3 is 0 Å². The van der Waals surface area contributed by atoms with Crippen LogP contribution in [0, 0.1) is 12.7 Å². The summed E-state index contributed by atoms with van der Waals surface area (Å²) >= 11 is 19.3. The van der Waals surface area contributed by atoms with Gasteiger partial charge in [0.2, 0.25) is 0 Å². The van der Waals surface area contributed by atoms with Crippen LogP contribution >= 0.6 is 46.4 Å². The molecule has 0 radical (unpaired) electrons. The normalized spacial score (nSPS) is 9.33. The smallest absolute Gasteiger partial charge is 0.207 e. The van der Waals surface area contributed by atoms with Gasteiger partial charge in [-0.1, -0.05) is 72.4 Å². The van der Waals surface area contributed by atoms with E-state index in [4.69, 9.17) is 46.4 Å². The fourth-order valence-corrected chi connectivity index (χ4v) is 0.606. The van der Waals surface area contributed by atoms with Gasteiger partial charge in [-0.05, 0) is 24.6 Å². The molecule has 0 aliphatic rings. The summed E-state index contributed by atoms with van der Waals surface area (Å²) in [5.41, 5.74) is 0.963. The number of aryl methyl sites for hydroxylation is 1. The lowest BCUT2D eigenvalue weighted by molar-refractivity contribution is 0.626. The molecule has 5 heteroatoms. The van der Waals surface area contributed by atoms with Gasteiger partial charge in [-0.3, -0.25) is 0 Å². The maximum absolute atomic E-state index is 12.2. The van der Waals surface area contributed by atoms with E-state index in [1.54, 1.807) is 6.07 Å². The fourth-order valence-electron chi connectivity index (χ4n) is 0.606. The molecule has 0 aromatic heterocycles. The third kappa shape index (κ3) is 20.4. The van der Waals surface area contributed by atoms with Gasteiger partial charge in [0, 0.05) is 0 Å². The van der Waals surface area contributed by atoms with Crippen LogP contribution in [0.1, 0.15) is 19.4 Å². The molecule has 1 aromatic carbocycles. The molecule has 0 N–H and O–H groups in total. The third-order valence-corrected chi connectivity index (χ3v) is 0.980. The Morgan fingerprint density at radius 2 is 1.47 bits per heavy atom. The molecule has 0 amide bonds. The zero-order valence-electron chi connectivity index (χ0n) is 8.70. The summed E-state index contributed by atoms with van der Waals surface area (Å²) in [7, 11) is 0. The standard InChI is InChI=1S/C7H7F.C2H6.CCl4/c1-6-3-2-4-7(8)5-6;1-2;2-1(3,4)5/h2-5H,1H3;1-2H3;. The summed E-state index contributed by atoms with van der Waals surface area (Å²) < 4.78 is 10.6. The van der Waals surface area contributed by atoms with E-state index < -0.39 is 3.25 Å². The van der Waals surface area contributed by atoms with E-state index in [2.05, 4.69) is 0 Å². The van der Waals surface area contributed by atoms with Gasteiger partial charge in [0.1, 0.15) is 5.82 Å². The molecule has 0 nitrogen and oxygen atoms in total. The van der Waals surface area contributed by atoms with Crippen molar-refractivity contribution in [2.45, 2.75) is 24.0 Å². The van der Waals surface area contributed by atoms with Gasteiger partial charge in [-0.2, -0.15) is 0 Å². The summed E-state index contributed by atoms with van der Waals surface area (Å²) in [6.07, 6.45) is 0. The van der Waals surface area contributed by atoms with Crippen molar-refractivity contribution in [2.24, 2.45) is 0 Å². The topological polar surface area (TPSA) is 0 Å². The molecule has 0 fully saturated rings. The van der Waals surface area contributed by atoms with Gasteiger partial charge < -0.3 is 0 Å². The van der Waals surface area contributed by atoms with Crippen molar-refractivity contribution in [2.75, 3.05) is 0 Å². The maximum atomic E-state index is 12.2. The van der Waals surface area contributed by atoms with Crippen LogP contribution in [0.5, 0.6) is 0 Å². The predicted molar refractivity (Wildman–Crippen MR) is 68.6 cm³/mol. The second-order valence-electron chi connectivity index (χ2n) is 2.23. The molecular formula is C10H13Cl4F. The minimum absolute atomic E-state index is 0.162. The highest BCUT2D eigenvalue weighted by atomic mass is 35.6. The zero-order chi connectivity index (χ0) is 12.5. The van der Waals surface area contributed by atoms with Crippen molar-refractivity contribution in [1.82, 2.24) is 0 Å². The van der Waals surface area contributed by atoms with Crippen molar-refractivity contribution in [3.8, 4) is 0 Å². The Morgan fingerprint density at radius 3 is 1.67 bits per heavy atom. The van der Waals surface area contributed by atoms with Gasteiger partial charge in [0.15, 0.2) is 0 Å². The molecule has 0 spiro atoms. The van der Waals surface area contributed by atoms with Crippen LogP contribution in [0.2, 0.25) is 0 Å². The largest absolute Gasteiger partial charge is 0.266 e. The molecule has 15 heavy (non-hydrogen) atoms. The minimum Gasteiger partial charge on any atom is -0.207 e. The SMILES string of the molecule is CC.Cc1cccc(F)c1.ClC(Cl)(Cl)Cl. The highest BCUT2D eigenvalue weighted by Gasteiger charge is 2.11. The van der Waals surface area contributed by atoms with Crippen molar-refractivity contribution >= 4 is 46.4 Å². The number of benzene rings is 1. The van der Waals surface area contributed by atoms with Gasteiger partial charge in [-0.15, -0.1) is 0 Å². The van der Waals surface area contributed by atoms with Crippen molar-refractivity contribution in [3.63, 3.8) is 0 Å². The highest BCUT2D eigenvalue weighted by Crippen LogP contribution is 2.29. The first kappa shape index (κ1) is 17.7. The van der Waals surface area contributed by atoms with Crippen molar-refractivity contribution in [1.29, 1.82) is 0 Å². The van der Waals surface area contributed by atoms with Gasteiger partial charge in [0.05, 0.1) is 0 Å². The molecule has 0 bridgehead atoms. The molecule has 0 aliphatic heterocycles. The molecule has 0 heterocycles. The van der Waals surface area contributed by atoms with E-state index >= 15 is 0 Å². The Bertz CT molecular complexity index is 235. The number of halogens is 5. The summed E-state index contributed by atoms with van der Waals surface area (Å²) in [4.78, 5) is 0. The number of rotatable bonds is 0. The van der Waals surface area contributed by atoms with Crippen LogP contribution in [0.4, 0.5) is 4.39 Å². The number of hydrogen-bond acceptors (Lipinski definition) is 0. The van der Waals surface area contributed by atoms with Crippen LogP contribution in [0.3, 0.4) is 0 Å². The lowest BCUT2D eigenvalue weighted by atomic mass is 10.2. The van der Waals surface area contributed by atoms with Crippen LogP contribution in [-0.2, 0) is 0 Å². The highest BCUT2D eigenvalue weighted by molar-refractivity contribution is 6.83. The molecule has 1 rings (SSSR count). The molecule has 0 atom stereocenters. The number of alkyl halides is 4.